The maximum atomic E-state index is 12.6. The molecule has 1 atom stereocenters. The van der Waals surface area contributed by atoms with E-state index in [2.05, 4.69) is 0 Å². The molecule has 0 saturated carbocycles. The first kappa shape index (κ1) is 20.1. The monoisotopic (exact) mass is 374 g/mol. The Morgan fingerprint density at radius 2 is 1.81 bits per heavy atom. The Morgan fingerprint density at radius 1 is 1.22 bits per heavy atom. The highest BCUT2D eigenvalue weighted by Crippen LogP contribution is 2.43. The normalized spacial score (nSPS) is 16.4. The van der Waals surface area contributed by atoms with Crippen LogP contribution in [0.2, 0.25) is 0 Å². The fraction of sp³-hybridized carbons (Fsp3) is 0.368. The van der Waals surface area contributed by atoms with E-state index in [9.17, 15) is 10.1 Å². The van der Waals surface area contributed by atoms with Crippen molar-refractivity contribution in [3.8, 4) is 23.3 Å². The summed E-state index contributed by atoms with van der Waals surface area (Å²) in [4.78, 5) is 12.6. The average molecular weight is 374 g/mol. The standard InChI is InChI=1S/C19H22N2O6/c1-6-26-19(22)15-10(2)27-18(21)12(9-20)16(15)11-7-13(23-3)17(25-5)14(8-11)24-4/h7-8,18H,6,21H2,1-5H3. The Morgan fingerprint density at radius 3 is 2.26 bits per heavy atom. The Balaban J connectivity index is 2.81. The van der Waals surface area contributed by atoms with Gasteiger partial charge in [-0.15, -0.1) is 0 Å². The minimum absolute atomic E-state index is 0.0953. The maximum absolute atomic E-state index is 12.6. The SMILES string of the molecule is CCOC(=O)C1=C(C)OC(N)C(C#N)=C1c1cc(OC)c(OC)c(OC)c1. The molecular weight excluding hydrogens is 352 g/mol. The lowest BCUT2D eigenvalue weighted by atomic mass is 9.89. The summed E-state index contributed by atoms with van der Waals surface area (Å²) in [7, 11) is 4.44. The minimum Gasteiger partial charge on any atom is -0.493 e. The first-order valence-corrected chi connectivity index (χ1v) is 8.18. The minimum atomic E-state index is -1.01. The van der Waals surface area contributed by atoms with Gasteiger partial charge in [0.2, 0.25) is 5.75 Å². The van der Waals surface area contributed by atoms with Gasteiger partial charge in [0.05, 0.1) is 33.5 Å². The predicted molar refractivity (Wildman–Crippen MR) is 97.0 cm³/mol. The molecule has 144 valence electrons. The maximum Gasteiger partial charge on any atom is 0.342 e. The van der Waals surface area contributed by atoms with E-state index in [1.54, 1.807) is 26.0 Å². The molecule has 8 nitrogen and oxygen atoms in total. The molecular formula is C19H22N2O6. The quantitative estimate of drug-likeness (QED) is 0.754. The number of allylic oxidation sites excluding steroid dienone is 1. The van der Waals surface area contributed by atoms with E-state index in [1.807, 2.05) is 6.07 Å². The van der Waals surface area contributed by atoms with Gasteiger partial charge in [0, 0.05) is 5.57 Å². The number of esters is 1. The van der Waals surface area contributed by atoms with Gasteiger partial charge in [0.15, 0.2) is 17.7 Å². The van der Waals surface area contributed by atoms with Crippen LogP contribution in [0.15, 0.2) is 29.0 Å². The van der Waals surface area contributed by atoms with E-state index in [-0.39, 0.29) is 23.5 Å². The largest absolute Gasteiger partial charge is 0.493 e. The molecule has 1 unspecified atom stereocenters. The fourth-order valence-corrected chi connectivity index (χ4v) is 2.86. The van der Waals surface area contributed by atoms with E-state index >= 15 is 0 Å². The number of benzene rings is 1. The number of hydrogen-bond donors (Lipinski definition) is 1. The Bertz CT molecular complexity index is 825. The van der Waals surface area contributed by atoms with Gasteiger partial charge in [-0.1, -0.05) is 0 Å². The number of nitrogens with zero attached hydrogens (tertiary/aromatic N) is 1. The molecule has 1 aliphatic heterocycles. The van der Waals surface area contributed by atoms with E-state index in [0.717, 1.165) is 0 Å². The van der Waals surface area contributed by atoms with E-state index in [0.29, 0.717) is 28.4 Å². The molecule has 8 heteroatoms. The van der Waals surface area contributed by atoms with Crippen LogP contribution in [0.5, 0.6) is 17.2 Å². The van der Waals surface area contributed by atoms with Crippen LogP contribution in [0.25, 0.3) is 5.57 Å². The Hall–Kier alpha value is -3.18. The number of methoxy groups -OCH3 is 3. The van der Waals surface area contributed by atoms with Crippen LogP contribution in [-0.4, -0.2) is 40.1 Å². The van der Waals surface area contributed by atoms with E-state index in [4.69, 9.17) is 29.4 Å². The van der Waals surface area contributed by atoms with Gasteiger partial charge in [-0.05, 0) is 31.5 Å². The third-order valence-electron chi connectivity index (χ3n) is 4.01. The molecule has 1 aromatic carbocycles. The summed E-state index contributed by atoms with van der Waals surface area (Å²) in [5.41, 5.74) is 6.99. The van der Waals surface area contributed by atoms with Crippen molar-refractivity contribution < 1.29 is 28.5 Å². The van der Waals surface area contributed by atoms with Crippen molar-refractivity contribution in [2.75, 3.05) is 27.9 Å². The molecule has 1 aliphatic rings. The van der Waals surface area contributed by atoms with Crippen LogP contribution < -0.4 is 19.9 Å². The fourth-order valence-electron chi connectivity index (χ4n) is 2.86. The molecule has 0 radical (unpaired) electrons. The Labute approximate surface area is 157 Å². The molecule has 0 bridgehead atoms. The second kappa shape index (κ2) is 8.47. The highest BCUT2D eigenvalue weighted by Gasteiger charge is 2.33. The van der Waals surface area contributed by atoms with Gasteiger partial charge in [-0.2, -0.15) is 5.26 Å². The third-order valence-corrected chi connectivity index (χ3v) is 4.01. The molecule has 2 N–H and O–H groups in total. The summed E-state index contributed by atoms with van der Waals surface area (Å²) in [5, 5.41) is 9.63. The van der Waals surface area contributed by atoms with Crippen molar-refractivity contribution >= 4 is 11.5 Å². The van der Waals surface area contributed by atoms with Crippen LogP contribution in [0.3, 0.4) is 0 Å². The topological polar surface area (TPSA) is 113 Å². The first-order valence-electron chi connectivity index (χ1n) is 8.18. The number of carbonyl (C=O) groups is 1. The molecule has 0 fully saturated rings. The number of nitrogens with two attached hydrogens (primary N) is 1. The van der Waals surface area contributed by atoms with Gasteiger partial charge in [0.1, 0.15) is 17.4 Å². The summed E-state index contributed by atoms with van der Waals surface area (Å²) in [6.07, 6.45) is -1.01. The Kier molecular flexibility index (Phi) is 6.32. The number of carbonyl (C=O) groups excluding carboxylic acids is 1. The van der Waals surface area contributed by atoms with Crippen molar-refractivity contribution in [3.63, 3.8) is 0 Å². The smallest absolute Gasteiger partial charge is 0.342 e. The zero-order valence-electron chi connectivity index (χ0n) is 15.9. The van der Waals surface area contributed by atoms with Crippen molar-refractivity contribution in [1.29, 1.82) is 5.26 Å². The summed E-state index contributed by atoms with van der Waals surface area (Å²) < 4.78 is 26.7. The molecule has 0 saturated heterocycles. The predicted octanol–water partition coefficient (Wildman–Crippen LogP) is 2.14. The number of hydrogen-bond acceptors (Lipinski definition) is 8. The molecule has 1 heterocycles. The molecule has 0 spiro atoms. The molecule has 0 aliphatic carbocycles. The van der Waals surface area contributed by atoms with E-state index in [1.165, 1.54) is 21.3 Å². The summed E-state index contributed by atoms with van der Waals surface area (Å²) >= 11 is 0. The second-order valence-corrected chi connectivity index (χ2v) is 5.50. The lowest BCUT2D eigenvalue weighted by molar-refractivity contribution is -0.138. The summed E-state index contributed by atoms with van der Waals surface area (Å²) in [6.45, 7) is 3.46. The highest BCUT2D eigenvalue weighted by atomic mass is 16.5. The molecule has 1 aromatic rings. The third kappa shape index (κ3) is 3.68. The molecule has 0 aromatic heterocycles. The zero-order chi connectivity index (χ0) is 20.1. The van der Waals surface area contributed by atoms with Crippen LogP contribution in [0.4, 0.5) is 0 Å². The summed E-state index contributed by atoms with van der Waals surface area (Å²) in [5.74, 6) is 0.787. The van der Waals surface area contributed by atoms with Gasteiger partial charge in [-0.3, -0.25) is 5.73 Å². The van der Waals surface area contributed by atoms with Crippen LogP contribution in [0.1, 0.15) is 19.4 Å². The van der Waals surface area contributed by atoms with Gasteiger partial charge < -0.3 is 23.7 Å². The van der Waals surface area contributed by atoms with Gasteiger partial charge >= 0.3 is 5.97 Å². The number of rotatable bonds is 6. The van der Waals surface area contributed by atoms with Crippen molar-refractivity contribution in [3.05, 3.63) is 34.6 Å². The van der Waals surface area contributed by atoms with Crippen LogP contribution in [0, 0.1) is 11.3 Å². The average Bonchev–Trinajstić information content (AvgIpc) is 2.66. The van der Waals surface area contributed by atoms with Crippen LogP contribution >= 0.6 is 0 Å². The molecule has 27 heavy (non-hydrogen) atoms. The van der Waals surface area contributed by atoms with Crippen molar-refractivity contribution in [1.82, 2.24) is 0 Å². The second-order valence-electron chi connectivity index (χ2n) is 5.50. The van der Waals surface area contributed by atoms with Crippen LogP contribution in [-0.2, 0) is 14.3 Å². The lowest BCUT2D eigenvalue weighted by Crippen LogP contribution is -2.31. The summed E-state index contributed by atoms with van der Waals surface area (Å²) in [6, 6.07) is 5.30. The van der Waals surface area contributed by atoms with Gasteiger partial charge in [-0.25, -0.2) is 4.79 Å². The highest BCUT2D eigenvalue weighted by molar-refractivity contribution is 6.09. The van der Waals surface area contributed by atoms with Crippen molar-refractivity contribution in [2.45, 2.75) is 20.1 Å². The molecule has 2 rings (SSSR count). The number of ether oxygens (including phenoxy) is 5. The van der Waals surface area contributed by atoms with Crippen molar-refractivity contribution in [2.24, 2.45) is 5.73 Å². The van der Waals surface area contributed by atoms with E-state index < -0.39 is 12.2 Å². The lowest BCUT2D eigenvalue weighted by Gasteiger charge is -2.27. The molecule has 0 amide bonds. The first-order chi connectivity index (χ1) is 12.9. The zero-order valence-corrected chi connectivity index (χ0v) is 15.9. The van der Waals surface area contributed by atoms with Gasteiger partial charge in [0.25, 0.3) is 0 Å². The number of nitriles is 1.